The molecule has 0 saturated carbocycles. The third kappa shape index (κ3) is 3.93. The molecule has 5 nitrogen and oxygen atoms in total. The number of piperidine rings is 1. The Balaban J connectivity index is 1.78. The number of rotatable bonds is 4. The van der Waals surface area contributed by atoms with Crippen molar-refractivity contribution < 1.29 is 9.53 Å². The molecule has 116 valence electrons. The zero-order valence-electron chi connectivity index (χ0n) is 13.1. The topological polar surface area (TPSA) is 44.8 Å². The van der Waals surface area contributed by atoms with Crippen molar-refractivity contribution in [3.8, 4) is 0 Å². The van der Waals surface area contributed by atoms with E-state index in [2.05, 4.69) is 17.1 Å². The van der Waals surface area contributed by atoms with Crippen LogP contribution in [0.15, 0.2) is 0 Å². The van der Waals surface area contributed by atoms with E-state index in [4.69, 9.17) is 4.74 Å². The van der Waals surface area contributed by atoms with Gasteiger partial charge in [0, 0.05) is 44.7 Å². The van der Waals surface area contributed by atoms with Gasteiger partial charge in [0.05, 0.1) is 12.7 Å². The summed E-state index contributed by atoms with van der Waals surface area (Å²) >= 11 is 0. The van der Waals surface area contributed by atoms with Crippen LogP contribution < -0.4 is 5.32 Å². The van der Waals surface area contributed by atoms with Gasteiger partial charge in [-0.05, 0) is 26.8 Å². The second kappa shape index (κ2) is 7.38. The summed E-state index contributed by atoms with van der Waals surface area (Å²) in [5.74, 6) is 0.383. The van der Waals surface area contributed by atoms with Crippen LogP contribution in [0.5, 0.6) is 0 Å². The highest BCUT2D eigenvalue weighted by Crippen LogP contribution is 2.20. The molecule has 20 heavy (non-hydrogen) atoms. The third-order valence-corrected chi connectivity index (χ3v) is 4.50. The summed E-state index contributed by atoms with van der Waals surface area (Å²) in [4.78, 5) is 16.9. The molecule has 0 aromatic carbocycles. The molecule has 0 bridgehead atoms. The Labute approximate surface area is 122 Å². The summed E-state index contributed by atoms with van der Waals surface area (Å²) in [6.45, 7) is 9.65. The zero-order valence-corrected chi connectivity index (χ0v) is 13.1. The van der Waals surface area contributed by atoms with Crippen LogP contribution in [0.3, 0.4) is 0 Å². The maximum atomic E-state index is 12.3. The minimum atomic E-state index is 0.0833. The second-order valence-electron chi connectivity index (χ2n) is 6.19. The van der Waals surface area contributed by atoms with Crippen LogP contribution >= 0.6 is 0 Å². The van der Waals surface area contributed by atoms with Crippen molar-refractivity contribution in [2.24, 2.45) is 5.92 Å². The number of carbonyl (C=O) groups excluding carboxylic acids is 1. The van der Waals surface area contributed by atoms with Crippen LogP contribution in [0.2, 0.25) is 0 Å². The monoisotopic (exact) mass is 283 g/mol. The van der Waals surface area contributed by atoms with Crippen molar-refractivity contribution in [3.63, 3.8) is 0 Å². The zero-order chi connectivity index (χ0) is 14.5. The number of morpholine rings is 1. The van der Waals surface area contributed by atoms with Gasteiger partial charge in [0.1, 0.15) is 0 Å². The maximum Gasteiger partial charge on any atom is 0.226 e. The SMILES string of the molecule is CNCC(C)C(=O)N1CCC(N2CCOC(C)C2)CC1. The van der Waals surface area contributed by atoms with E-state index in [9.17, 15) is 4.79 Å². The fourth-order valence-corrected chi connectivity index (χ4v) is 3.33. The fourth-order valence-electron chi connectivity index (χ4n) is 3.33. The summed E-state index contributed by atoms with van der Waals surface area (Å²) in [5.41, 5.74) is 0. The number of likely N-dealkylation sites (tertiary alicyclic amines) is 1. The first-order valence-corrected chi connectivity index (χ1v) is 7.91. The minimum Gasteiger partial charge on any atom is -0.376 e. The number of nitrogens with zero attached hydrogens (tertiary/aromatic N) is 2. The summed E-state index contributed by atoms with van der Waals surface area (Å²) in [7, 11) is 1.90. The molecule has 0 radical (unpaired) electrons. The van der Waals surface area contributed by atoms with E-state index in [1.807, 2.05) is 18.9 Å². The van der Waals surface area contributed by atoms with E-state index in [0.29, 0.717) is 18.1 Å². The predicted molar refractivity (Wildman–Crippen MR) is 79.7 cm³/mol. The van der Waals surface area contributed by atoms with Gasteiger partial charge in [-0.2, -0.15) is 0 Å². The highest BCUT2D eigenvalue weighted by molar-refractivity contribution is 5.78. The molecule has 2 aliphatic rings. The minimum absolute atomic E-state index is 0.0833. The van der Waals surface area contributed by atoms with Gasteiger partial charge in [0.2, 0.25) is 5.91 Å². The largest absolute Gasteiger partial charge is 0.376 e. The molecule has 0 aromatic rings. The molecule has 2 fully saturated rings. The van der Waals surface area contributed by atoms with E-state index < -0.39 is 0 Å². The molecular formula is C15H29N3O2. The molecule has 1 amide bonds. The summed E-state index contributed by atoms with van der Waals surface area (Å²) in [6.07, 6.45) is 2.55. The van der Waals surface area contributed by atoms with Crippen molar-refractivity contribution in [1.29, 1.82) is 0 Å². The lowest BCUT2D eigenvalue weighted by molar-refractivity contribution is -0.137. The third-order valence-electron chi connectivity index (χ3n) is 4.50. The van der Waals surface area contributed by atoms with Gasteiger partial charge in [0.25, 0.3) is 0 Å². The Bertz CT molecular complexity index is 316. The van der Waals surface area contributed by atoms with Crippen molar-refractivity contribution in [1.82, 2.24) is 15.1 Å². The molecule has 2 rings (SSSR count). The first-order chi connectivity index (χ1) is 9.61. The molecular weight excluding hydrogens is 254 g/mol. The highest BCUT2D eigenvalue weighted by atomic mass is 16.5. The molecule has 2 aliphatic heterocycles. The van der Waals surface area contributed by atoms with E-state index in [0.717, 1.165) is 52.2 Å². The average molecular weight is 283 g/mol. The van der Waals surface area contributed by atoms with Crippen LogP contribution in [-0.4, -0.2) is 74.2 Å². The number of hydrogen-bond donors (Lipinski definition) is 1. The number of hydrogen-bond acceptors (Lipinski definition) is 4. The number of carbonyl (C=O) groups is 1. The van der Waals surface area contributed by atoms with E-state index in [-0.39, 0.29) is 5.92 Å². The van der Waals surface area contributed by atoms with E-state index in [1.54, 1.807) is 0 Å². The second-order valence-corrected chi connectivity index (χ2v) is 6.19. The van der Waals surface area contributed by atoms with Gasteiger partial charge < -0.3 is 15.0 Å². The Kier molecular flexibility index (Phi) is 5.81. The van der Waals surface area contributed by atoms with Gasteiger partial charge in [-0.3, -0.25) is 9.69 Å². The lowest BCUT2D eigenvalue weighted by atomic mass is 10.0. The lowest BCUT2D eigenvalue weighted by Crippen LogP contribution is -2.52. The summed E-state index contributed by atoms with van der Waals surface area (Å²) in [6, 6.07) is 0.630. The van der Waals surface area contributed by atoms with Gasteiger partial charge in [0.15, 0.2) is 0 Å². The molecule has 1 N–H and O–H groups in total. The van der Waals surface area contributed by atoms with Crippen molar-refractivity contribution in [2.75, 3.05) is 46.4 Å². The smallest absolute Gasteiger partial charge is 0.226 e. The van der Waals surface area contributed by atoms with Gasteiger partial charge in [-0.15, -0.1) is 0 Å². The molecule has 0 spiro atoms. The molecule has 2 saturated heterocycles. The Hall–Kier alpha value is -0.650. The number of amides is 1. The van der Waals surface area contributed by atoms with E-state index in [1.165, 1.54) is 0 Å². The predicted octanol–water partition coefficient (Wildman–Crippen LogP) is 0.554. The quantitative estimate of drug-likeness (QED) is 0.818. The van der Waals surface area contributed by atoms with Crippen molar-refractivity contribution >= 4 is 5.91 Å². The van der Waals surface area contributed by atoms with Crippen LogP contribution in [-0.2, 0) is 9.53 Å². The highest BCUT2D eigenvalue weighted by Gasteiger charge is 2.30. The van der Waals surface area contributed by atoms with Crippen LogP contribution in [0.25, 0.3) is 0 Å². The van der Waals surface area contributed by atoms with E-state index >= 15 is 0 Å². The van der Waals surface area contributed by atoms with Crippen molar-refractivity contribution in [2.45, 2.75) is 38.8 Å². The average Bonchev–Trinajstić information content (AvgIpc) is 2.47. The normalized spacial score (nSPS) is 27.6. The first-order valence-electron chi connectivity index (χ1n) is 7.91. The van der Waals surface area contributed by atoms with Gasteiger partial charge in [-0.1, -0.05) is 6.92 Å². The van der Waals surface area contributed by atoms with Crippen LogP contribution in [0, 0.1) is 5.92 Å². The lowest BCUT2D eigenvalue weighted by Gasteiger charge is -2.42. The number of ether oxygens (including phenoxy) is 1. The van der Waals surface area contributed by atoms with Crippen LogP contribution in [0.1, 0.15) is 26.7 Å². The van der Waals surface area contributed by atoms with Gasteiger partial charge in [-0.25, -0.2) is 0 Å². The Morgan fingerprint density at radius 3 is 2.65 bits per heavy atom. The van der Waals surface area contributed by atoms with Gasteiger partial charge >= 0.3 is 0 Å². The van der Waals surface area contributed by atoms with Crippen molar-refractivity contribution in [3.05, 3.63) is 0 Å². The standard InChI is InChI=1S/C15H29N3O2/c1-12(10-16-3)15(19)17-6-4-14(5-7-17)18-8-9-20-13(2)11-18/h12-14,16H,4-11H2,1-3H3. The first kappa shape index (κ1) is 15.7. The molecule has 0 aliphatic carbocycles. The summed E-state index contributed by atoms with van der Waals surface area (Å²) in [5, 5.41) is 3.08. The molecule has 5 heteroatoms. The maximum absolute atomic E-state index is 12.3. The molecule has 0 aromatic heterocycles. The molecule has 2 heterocycles. The fraction of sp³-hybridized carbons (Fsp3) is 0.933. The number of nitrogens with one attached hydrogen (secondary N) is 1. The van der Waals surface area contributed by atoms with Crippen LogP contribution in [0.4, 0.5) is 0 Å². The Morgan fingerprint density at radius 2 is 2.05 bits per heavy atom. The Morgan fingerprint density at radius 1 is 1.35 bits per heavy atom. The molecule has 2 unspecified atom stereocenters. The molecule has 2 atom stereocenters. The summed E-state index contributed by atoms with van der Waals surface area (Å²) < 4.78 is 5.60.